The standard InChI is InChI=1S/C22H37N5O/c1-3-4-13-26-14-16-27(17-15-26)21-9-8-19(18-24-21)22(28)23-11-10-20-7-5-6-12-25(20)2/h8-9,18,20H,3-7,10-17H2,1-2H3,(H,23,28)/t20-/m0/s1. The van der Waals surface area contributed by atoms with Gasteiger partial charge in [0.2, 0.25) is 0 Å². The normalized spacial score (nSPS) is 21.6. The lowest BCUT2D eigenvalue weighted by Gasteiger charge is -2.35. The summed E-state index contributed by atoms with van der Waals surface area (Å²) in [5.41, 5.74) is 0.655. The molecule has 1 aromatic rings. The van der Waals surface area contributed by atoms with E-state index in [0.717, 1.165) is 45.0 Å². The summed E-state index contributed by atoms with van der Waals surface area (Å²) in [5, 5.41) is 3.07. The number of carbonyl (C=O) groups excluding carboxylic acids is 1. The Morgan fingerprint density at radius 2 is 2.00 bits per heavy atom. The molecule has 0 spiro atoms. The van der Waals surface area contributed by atoms with Crippen LogP contribution in [0.3, 0.4) is 0 Å². The molecule has 2 saturated heterocycles. The van der Waals surface area contributed by atoms with Crippen LogP contribution in [0.25, 0.3) is 0 Å². The zero-order valence-electron chi connectivity index (χ0n) is 17.7. The van der Waals surface area contributed by atoms with E-state index in [4.69, 9.17) is 0 Å². The molecule has 2 aliphatic rings. The number of likely N-dealkylation sites (tertiary alicyclic amines) is 1. The van der Waals surface area contributed by atoms with E-state index in [1.54, 1.807) is 6.20 Å². The van der Waals surface area contributed by atoms with Crippen LogP contribution in [0.4, 0.5) is 5.82 Å². The predicted octanol–water partition coefficient (Wildman–Crippen LogP) is 2.61. The van der Waals surface area contributed by atoms with Crippen molar-refractivity contribution in [1.29, 1.82) is 0 Å². The Hall–Kier alpha value is -1.66. The third kappa shape index (κ3) is 5.92. The molecule has 1 amide bonds. The highest BCUT2D eigenvalue weighted by atomic mass is 16.1. The third-order valence-electron chi connectivity index (χ3n) is 6.22. The van der Waals surface area contributed by atoms with Crippen LogP contribution in [0.15, 0.2) is 18.3 Å². The zero-order valence-corrected chi connectivity index (χ0v) is 17.7. The Balaban J connectivity index is 1.41. The van der Waals surface area contributed by atoms with Gasteiger partial charge in [0.15, 0.2) is 0 Å². The number of rotatable bonds is 8. The Kier molecular flexibility index (Phi) is 8.10. The predicted molar refractivity (Wildman–Crippen MR) is 115 cm³/mol. The van der Waals surface area contributed by atoms with Gasteiger partial charge in [0.05, 0.1) is 5.56 Å². The molecule has 6 heteroatoms. The Labute approximate surface area is 170 Å². The molecule has 156 valence electrons. The second-order valence-electron chi connectivity index (χ2n) is 8.26. The topological polar surface area (TPSA) is 51.7 Å². The minimum Gasteiger partial charge on any atom is -0.354 e. The molecule has 1 N–H and O–H groups in total. The van der Waals surface area contributed by atoms with E-state index in [1.807, 2.05) is 12.1 Å². The van der Waals surface area contributed by atoms with Crippen LogP contribution in [-0.2, 0) is 0 Å². The van der Waals surface area contributed by atoms with Crippen LogP contribution in [0.2, 0.25) is 0 Å². The molecule has 0 radical (unpaired) electrons. The largest absolute Gasteiger partial charge is 0.354 e. The van der Waals surface area contributed by atoms with Crippen molar-refractivity contribution in [2.75, 3.05) is 57.8 Å². The summed E-state index contributed by atoms with van der Waals surface area (Å²) in [4.78, 5) is 24.3. The number of aromatic nitrogens is 1. The molecule has 2 aliphatic heterocycles. The quantitative estimate of drug-likeness (QED) is 0.743. The van der Waals surface area contributed by atoms with Gasteiger partial charge in [0.1, 0.15) is 5.82 Å². The van der Waals surface area contributed by atoms with E-state index in [2.05, 4.69) is 39.0 Å². The van der Waals surface area contributed by atoms with Gasteiger partial charge >= 0.3 is 0 Å². The Morgan fingerprint density at radius 3 is 2.68 bits per heavy atom. The first-order valence-corrected chi connectivity index (χ1v) is 11.1. The van der Waals surface area contributed by atoms with Crippen molar-refractivity contribution < 1.29 is 4.79 Å². The molecule has 0 aromatic carbocycles. The van der Waals surface area contributed by atoms with Gasteiger partial charge in [0.25, 0.3) is 5.91 Å². The van der Waals surface area contributed by atoms with E-state index < -0.39 is 0 Å². The number of nitrogens with one attached hydrogen (secondary N) is 1. The van der Waals surface area contributed by atoms with Crippen molar-refractivity contribution in [2.45, 2.75) is 51.5 Å². The maximum atomic E-state index is 12.4. The minimum atomic E-state index is -0.0121. The van der Waals surface area contributed by atoms with Gasteiger partial charge in [0, 0.05) is 45.0 Å². The van der Waals surface area contributed by atoms with Gasteiger partial charge in [-0.05, 0) is 58.0 Å². The van der Waals surface area contributed by atoms with Gasteiger partial charge in [-0.25, -0.2) is 4.98 Å². The summed E-state index contributed by atoms with van der Waals surface area (Å²) in [6.45, 7) is 9.57. The maximum Gasteiger partial charge on any atom is 0.252 e. The number of hydrogen-bond donors (Lipinski definition) is 1. The highest BCUT2D eigenvalue weighted by Gasteiger charge is 2.19. The molecule has 0 saturated carbocycles. The van der Waals surface area contributed by atoms with Crippen molar-refractivity contribution in [3.8, 4) is 0 Å². The number of hydrogen-bond acceptors (Lipinski definition) is 5. The maximum absolute atomic E-state index is 12.4. The number of unbranched alkanes of at least 4 members (excludes halogenated alkanes) is 1. The number of piperazine rings is 1. The van der Waals surface area contributed by atoms with Gasteiger partial charge in [-0.15, -0.1) is 0 Å². The van der Waals surface area contributed by atoms with Crippen LogP contribution in [0.5, 0.6) is 0 Å². The molecule has 3 rings (SSSR count). The molecule has 3 heterocycles. The molecule has 1 aromatic heterocycles. The molecule has 6 nitrogen and oxygen atoms in total. The SMILES string of the molecule is CCCCN1CCN(c2ccc(C(=O)NCC[C@@H]3CCCCN3C)cn2)CC1. The smallest absolute Gasteiger partial charge is 0.252 e. The lowest BCUT2D eigenvalue weighted by molar-refractivity contribution is 0.0945. The summed E-state index contributed by atoms with van der Waals surface area (Å²) in [6, 6.07) is 4.50. The second kappa shape index (κ2) is 10.8. The number of anilines is 1. The van der Waals surface area contributed by atoms with Crippen LogP contribution < -0.4 is 10.2 Å². The third-order valence-corrected chi connectivity index (χ3v) is 6.22. The highest BCUT2D eigenvalue weighted by Crippen LogP contribution is 2.17. The van der Waals surface area contributed by atoms with E-state index in [0.29, 0.717) is 11.6 Å². The molecule has 28 heavy (non-hydrogen) atoms. The highest BCUT2D eigenvalue weighted by molar-refractivity contribution is 5.94. The summed E-state index contributed by atoms with van der Waals surface area (Å²) < 4.78 is 0. The van der Waals surface area contributed by atoms with Gasteiger partial charge in [-0.2, -0.15) is 0 Å². The summed E-state index contributed by atoms with van der Waals surface area (Å²) in [5.74, 6) is 0.970. The van der Waals surface area contributed by atoms with Crippen molar-refractivity contribution >= 4 is 11.7 Å². The molecular weight excluding hydrogens is 350 g/mol. The molecule has 0 unspecified atom stereocenters. The van der Waals surface area contributed by atoms with Crippen molar-refractivity contribution in [2.24, 2.45) is 0 Å². The molecule has 0 aliphatic carbocycles. The fourth-order valence-electron chi connectivity index (χ4n) is 4.25. The average Bonchev–Trinajstić information content (AvgIpc) is 2.74. The fourth-order valence-corrected chi connectivity index (χ4v) is 4.25. The van der Waals surface area contributed by atoms with Crippen LogP contribution in [-0.4, -0.2) is 79.6 Å². The van der Waals surface area contributed by atoms with Crippen LogP contribution in [0, 0.1) is 0 Å². The van der Waals surface area contributed by atoms with Crippen LogP contribution in [0.1, 0.15) is 55.8 Å². The molecule has 0 bridgehead atoms. The number of nitrogens with zero attached hydrogens (tertiary/aromatic N) is 4. The van der Waals surface area contributed by atoms with E-state index in [-0.39, 0.29) is 5.91 Å². The summed E-state index contributed by atoms with van der Waals surface area (Å²) in [6.07, 6.45) is 9.12. The summed E-state index contributed by atoms with van der Waals surface area (Å²) in [7, 11) is 2.19. The Morgan fingerprint density at radius 1 is 1.18 bits per heavy atom. The van der Waals surface area contributed by atoms with Gasteiger partial charge in [-0.1, -0.05) is 19.8 Å². The number of piperidine rings is 1. The van der Waals surface area contributed by atoms with Crippen molar-refractivity contribution in [3.63, 3.8) is 0 Å². The van der Waals surface area contributed by atoms with Crippen molar-refractivity contribution in [3.05, 3.63) is 23.9 Å². The van der Waals surface area contributed by atoms with E-state index >= 15 is 0 Å². The Bertz CT molecular complexity index is 597. The summed E-state index contributed by atoms with van der Waals surface area (Å²) >= 11 is 0. The average molecular weight is 388 g/mol. The first kappa shape index (κ1) is 21.1. The number of carbonyl (C=O) groups is 1. The first-order chi connectivity index (χ1) is 13.7. The van der Waals surface area contributed by atoms with Crippen molar-refractivity contribution in [1.82, 2.24) is 20.1 Å². The first-order valence-electron chi connectivity index (χ1n) is 11.1. The number of pyridine rings is 1. The second-order valence-corrected chi connectivity index (χ2v) is 8.26. The minimum absolute atomic E-state index is 0.0121. The van der Waals surface area contributed by atoms with E-state index in [1.165, 1.54) is 45.2 Å². The van der Waals surface area contributed by atoms with Gasteiger partial charge < -0.3 is 15.1 Å². The molecular formula is C22H37N5O. The molecule has 2 fully saturated rings. The number of amides is 1. The van der Waals surface area contributed by atoms with E-state index in [9.17, 15) is 4.79 Å². The molecule has 1 atom stereocenters. The zero-order chi connectivity index (χ0) is 19.8. The lowest BCUT2D eigenvalue weighted by atomic mass is 10.0. The monoisotopic (exact) mass is 387 g/mol. The van der Waals surface area contributed by atoms with Crippen LogP contribution >= 0.6 is 0 Å². The lowest BCUT2D eigenvalue weighted by Crippen LogP contribution is -2.46. The van der Waals surface area contributed by atoms with Gasteiger partial charge in [-0.3, -0.25) is 9.69 Å². The fraction of sp³-hybridized carbons (Fsp3) is 0.727.